The lowest BCUT2D eigenvalue weighted by Crippen LogP contribution is -2.13. The third kappa shape index (κ3) is 4.17. The average molecular weight is 336 g/mol. The average Bonchev–Trinajstić information content (AvgIpc) is 2.41. The molecule has 4 heteroatoms. The lowest BCUT2D eigenvalue weighted by Gasteiger charge is -2.07. The summed E-state index contributed by atoms with van der Waals surface area (Å²) in [6, 6.07) is 12.5. The number of rotatable bonds is 4. The standard InChI is InChI=1S/C16H15BrFNO/c1-11-5-7-14(18)15(9-11)19-16(20)8-6-12-3-2-4-13(17)10-12/h2-5,7,9-10H,6,8H2,1H3,(H,19,20). The number of carbonyl (C=O) groups excluding carboxylic acids is 1. The Morgan fingerprint density at radius 3 is 2.80 bits per heavy atom. The number of benzene rings is 2. The topological polar surface area (TPSA) is 29.1 Å². The van der Waals surface area contributed by atoms with Crippen LogP contribution in [0.3, 0.4) is 0 Å². The lowest BCUT2D eigenvalue weighted by atomic mass is 10.1. The fraction of sp³-hybridized carbons (Fsp3) is 0.188. The highest BCUT2D eigenvalue weighted by Gasteiger charge is 2.07. The van der Waals surface area contributed by atoms with Crippen molar-refractivity contribution in [1.29, 1.82) is 0 Å². The number of carbonyl (C=O) groups is 1. The molecular weight excluding hydrogens is 321 g/mol. The van der Waals surface area contributed by atoms with Crippen LogP contribution >= 0.6 is 15.9 Å². The summed E-state index contributed by atoms with van der Waals surface area (Å²) in [6.45, 7) is 1.86. The molecule has 0 aliphatic heterocycles. The van der Waals surface area contributed by atoms with Gasteiger partial charge in [0.1, 0.15) is 5.82 Å². The van der Waals surface area contributed by atoms with Crippen molar-refractivity contribution in [3.05, 3.63) is 63.9 Å². The van der Waals surface area contributed by atoms with Crippen molar-refractivity contribution in [2.45, 2.75) is 19.8 Å². The van der Waals surface area contributed by atoms with Gasteiger partial charge in [0.2, 0.25) is 5.91 Å². The van der Waals surface area contributed by atoms with E-state index < -0.39 is 5.82 Å². The van der Waals surface area contributed by atoms with Crippen LogP contribution < -0.4 is 5.32 Å². The van der Waals surface area contributed by atoms with E-state index in [1.54, 1.807) is 12.1 Å². The van der Waals surface area contributed by atoms with E-state index in [0.717, 1.165) is 15.6 Å². The Morgan fingerprint density at radius 1 is 1.25 bits per heavy atom. The largest absolute Gasteiger partial charge is 0.324 e. The van der Waals surface area contributed by atoms with Crippen LogP contribution in [-0.4, -0.2) is 5.91 Å². The molecule has 2 rings (SSSR count). The molecule has 0 bridgehead atoms. The van der Waals surface area contributed by atoms with E-state index in [9.17, 15) is 9.18 Å². The molecule has 20 heavy (non-hydrogen) atoms. The first kappa shape index (κ1) is 14.7. The number of hydrogen-bond acceptors (Lipinski definition) is 1. The quantitative estimate of drug-likeness (QED) is 0.877. The van der Waals surface area contributed by atoms with Gasteiger partial charge in [0.15, 0.2) is 0 Å². The molecule has 1 amide bonds. The monoisotopic (exact) mass is 335 g/mol. The van der Waals surface area contributed by atoms with Crippen LogP contribution in [0.15, 0.2) is 46.9 Å². The molecule has 0 atom stereocenters. The van der Waals surface area contributed by atoms with Crippen molar-refractivity contribution in [2.75, 3.05) is 5.32 Å². The smallest absolute Gasteiger partial charge is 0.224 e. The zero-order chi connectivity index (χ0) is 14.5. The van der Waals surface area contributed by atoms with Crippen LogP contribution in [0.4, 0.5) is 10.1 Å². The Hall–Kier alpha value is -1.68. The Morgan fingerprint density at radius 2 is 2.05 bits per heavy atom. The van der Waals surface area contributed by atoms with E-state index in [4.69, 9.17) is 0 Å². The number of aryl methyl sites for hydroxylation is 2. The van der Waals surface area contributed by atoms with Crippen LogP contribution in [-0.2, 0) is 11.2 Å². The van der Waals surface area contributed by atoms with Crippen molar-refractivity contribution >= 4 is 27.5 Å². The molecule has 0 aliphatic rings. The molecule has 0 fully saturated rings. The molecule has 2 aromatic rings. The first-order valence-electron chi connectivity index (χ1n) is 6.35. The summed E-state index contributed by atoms with van der Waals surface area (Å²) in [4.78, 5) is 11.8. The predicted molar refractivity (Wildman–Crippen MR) is 82.2 cm³/mol. The highest BCUT2D eigenvalue weighted by molar-refractivity contribution is 9.10. The summed E-state index contributed by atoms with van der Waals surface area (Å²) >= 11 is 3.39. The third-order valence-electron chi connectivity index (χ3n) is 2.93. The summed E-state index contributed by atoms with van der Waals surface area (Å²) in [5.41, 5.74) is 2.22. The number of anilines is 1. The van der Waals surface area contributed by atoms with Crippen LogP contribution in [0.5, 0.6) is 0 Å². The molecule has 0 saturated carbocycles. The van der Waals surface area contributed by atoms with Crippen LogP contribution in [0.25, 0.3) is 0 Å². The van der Waals surface area contributed by atoms with E-state index in [2.05, 4.69) is 21.2 Å². The highest BCUT2D eigenvalue weighted by Crippen LogP contribution is 2.17. The Kier molecular flexibility index (Phi) is 4.90. The van der Waals surface area contributed by atoms with Crippen LogP contribution in [0, 0.1) is 12.7 Å². The molecular formula is C16H15BrFNO. The number of hydrogen-bond donors (Lipinski definition) is 1. The third-order valence-corrected chi connectivity index (χ3v) is 3.42. The summed E-state index contributed by atoms with van der Waals surface area (Å²) in [5, 5.41) is 2.61. The highest BCUT2D eigenvalue weighted by atomic mass is 79.9. The summed E-state index contributed by atoms with van der Waals surface area (Å²) < 4.78 is 14.5. The van der Waals surface area contributed by atoms with Gasteiger partial charge in [-0.1, -0.05) is 34.1 Å². The van der Waals surface area contributed by atoms with Crippen molar-refractivity contribution in [3.8, 4) is 0 Å². The van der Waals surface area contributed by atoms with Crippen molar-refractivity contribution in [3.63, 3.8) is 0 Å². The minimum atomic E-state index is -0.411. The molecule has 0 aliphatic carbocycles. The Labute approximate surface area is 126 Å². The van der Waals surface area contributed by atoms with Gasteiger partial charge < -0.3 is 5.32 Å². The summed E-state index contributed by atoms with van der Waals surface area (Å²) in [7, 11) is 0. The van der Waals surface area contributed by atoms with Crippen molar-refractivity contribution < 1.29 is 9.18 Å². The van der Waals surface area contributed by atoms with Crippen molar-refractivity contribution in [2.24, 2.45) is 0 Å². The first-order chi connectivity index (χ1) is 9.54. The Balaban J connectivity index is 1.94. The fourth-order valence-electron chi connectivity index (χ4n) is 1.90. The van der Waals surface area contributed by atoms with Gasteiger partial charge in [-0.2, -0.15) is 0 Å². The lowest BCUT2D eigenvalue weighted by molar-refractivity contribution is -0.116. The van der Waals surface area contributed by atoms with Gasteiger partial charge in [-0.15, -0.1) is 0 Å². The summed E-state index contributed by atoms with van der Waals surface area (Å²) in [5.74, 6) is -0.596. The predicted octanol–water partition coefficient (Wildman–Crippen LogP) is 4.47. The SMILES string of the molecule is Cc1ccc(F)c(NC(=O)CCc2cccc(Br)c2)c1. The molecule has 1 N–H and O–H groups in total. The molecule has 0 aromatic heterocycles. The number of nitrogens with one attached hydrogen (secondary N) is 1. The van der Waals surface area contributed by atoms with Gasteiger partial charge in [-0.3, -0.25) is 4.79 Å². The van der Waals surface area contributed by atoms with E-state index >= 15 is 0 Å². The van der Waals surface area contributed by atoms with Gasteiger partial charge in [0, 0.05) is 10.9 Å². The molecule has 2 nitrogen and oxygen atoms in total. The first-order valence-corrected chi connectivity index (χ1v) is 7.14. The van der Waals surface area contributed by atoms with Gasteiger partial charge in [0.05, 0.1) is 5.69 Å². The molecule has 0 heterocycles. The van der Waals surface area contributed by atoms with Crippen LogP contribution in [0.1, 0.15) is 17.5 Å². The van der Waals surface area contributed by atoms with Gasteiger partial charge in [-0.25, -0.2) is 4.39 Å². The Bertz CT molecular complexity index is 628. The van der Waals surface area contributed by atoms with Gasteiger partial charge >= 0.3 is 0 Å². The number of halogens is 2. The second-order valence-corrected chi connectivity index (χ2v) is 5.58. The van der Waals surface area contributed by atoms with E-state index in [-0.39, 0.29) is 11.6 Å². The molecule has 0 spiro atoms. The molecule has 0 saturated heterocycles. The zero-order valence-corrected chi connectivity index (χ0v) is 12.7. The van der Waals surface area contributed by atoms with Gasteiger partial charge in [0.25, 0.3) is 0 Å². The second-order valence-electron chi connectivity index (χ2n) is 4.66. The van der Waals surface area contributed by atoms with E-state index in [0.29, 0.717) is 12.8 Å². The molecule has 2 aromatic carbocycles. The zero-order valence-electron chi connectivity index (χ0n) is 11.1. The fourth-order valence-corrected chi connectivity index (χ4v) is 2.34. The maximum absolute atomic E-state index is 13.5. The molecule has 104 valence electrons. The van der Waals surface area contributed by atoms with E-state index in [1.807, 2.05) is 31.2 Å². The minimum Gasteiger partial charge on any atom is -0.324 e. The normalized spacial score (nSPS) is 10.3. The maximum Gasteiger partial charge on any atom is 0.224 e. The minimum absolute atomic E-state index is 0.186. The second kappa shape index (κ2) is 6.66. The van der Waals surface area contributed by atoms with E-state index in [1.165, 1.54) is 6.07 Å². The molecule has 0 radical (unpaired) electrons. The van der Waals surface area contributed by atoms with Gasteiger partial charge in [-0.05, 0) is 48.7 Å². The van der Waals surface area contributed by atoms with Crippen LogP contribution in [0.2, 0.25) is 0 Å². The maximum atomic E-state index is 13.5. The van der Waals surface area contributed by atoms with Crippen molar-refractivity contribution in [1.82, 2.24) is 0 Å². The number of amides is 1. The summed E-state index contributed by atoms with van der Waals surface area (Å²) in [6.07, 6.45) is 0.947. The molecule has 0 unspecified atom stereocenters.